The Morgan fingerprint density at radius 3 is 2.05 bits per heavy atom. The molecule has 1 fully saturated rings. The first kappa shape index (κ1) is 27.0. The average molecular weight is 513 g/mol. The van der Waals surface area contributed by atoms with Crippen LogP contribution in [0.4, 0.5) is 11.4 Å². The van der Waals surface area contributed by atoms with Crippen LogP contribution in [-0.4, -0.2) is 38.0 Å². The van der Waals surface area contributed by atoms with Gasteiger partial charge < -0.3 is 14.7 Å². The number of aliphatic hydroxyl groups excluding tert-OH is 1. The number of methoxy groups -OCH3 is 1. The largest absolute Gasteiger partial charge is 0.507 e. The molecule has 38 heavy (non-hydrogen) atoms. The van der Waals surface area contributed by atoms with E-state index in [0.717, 1.165) is 22.4 Å². The van der Waals surface area contributed by atoms with Crippen LogP contribution < -0.4 is 14.5 Å². The molecule has 4 rings (SSSR count). The molecule has 1 amide bonds. The van der Waals surface area contributed by atoms with Gasteiger partial charge in [0.05, 0.1) is 18.7 Å². The summed E-state index contributed by atoms with van der Waals surface area (Å²) in [6.45, 7) is 8.30. The Kier molecular flexibility index (Phi) is 7.63. The second kappa shape index (κ2) is 10.7. The number of ketones is 1. The molecule has 1 heterocycles. The summed E-state index contributed by atoms with van der Waals surface area (Å²) >= 11 is 0. The van der Waals surface area contributed by atoms with Gasteiger partial charge in [0.25, 0.3) is 11.7 Å². The summed E-state index contributed by atoms with van der Waals surface area (Å²) in [5.41, 5.74) is 4.92. The van der Waals surface area contributed by atoms with Gasteiger partial charge >= 0.3 is 0 Å². The van der Waals surface area contributed by atoms with Crippen molar-refractivity contribution in [2.45, 2.75) is 45.6 Å². The van der Waals surface area contributed by atoms with E-state index in [-0.39, 0.29) is 17.3 Å². The van der Waals surface area contributed by atoms with Crippen LogP contribution in [0.2, 0.25) is 0 Å². The van der Waals surface area contributed by atoms with Crippen molar-refractivity contribution in [3.8, 4) is 5.75 Å². The molecule has 1 N–H and O–H groups in total. The fourth-order valence-electron chi connectivity index (χ4n) is 4.88. The molecule has 198 valence electrons. The van der Waals surface area contributed by atoms with E-state index < -0.39 is 17.7 Å². The Bertz CT molecular complexity index is 1370. The number of ether oxygens (including phenoxy) is 1. The fourth-order valence-corrected chi connectivity index (χ4v) is 4.88. The smallest absolute Gasteiger partial charge is 0.300 e. The van der Waals surface area contributed by atoms with E-state index in [0.29, 0.717) is 22.9 Å². The SMILES string of the molecule is COc1ccc(/C(O)=C2/C(=O)C(=O)N(c3ccc(N(C)C)cc3)C2c2ccc(C(C)C)cc2)cc1C(C)C. The van der Waals surface area contributed by atoms with Gasteiger partial charge in [0.1, 0.15) is 11.5 Å². The Hall–Kier alpha value is -4.06. The highest BCUT2D eigenvalue weighted by Gasteiger charge is 2.47. The Morgan fingerprint density at radius 1 is 0.895 bits per heavy atom. The van der Waals surface area contributed by atoms with E-state index in [1.54, 1.807) is 19.2 Å². The number of aliphatic hydroxyl groups is 1. The van der Waals surface area contributed by atoms with Crippen molar-refractivity contribution in [1.82, 2.24) is 0 Å². The number of benzene rings is 3. The maximum atomic E-state index is 13.5. The highest BCUT2D eigenvalue weighted by molar-refractivity contribution is 6.51. The third-order valence-electron chi connectivity index (χ3n) is 7.13. The molecule has 6 heteroatoms. The van der Waals surface area contributed by atoms with Crippen LogP contribution in [0.3, 0.4) is 0 Å². The Labute approximate surface area is 225 Å². The molecular formula is C32H36N2O4. The first-order valence-corrected chi connectivity index (χ1v) is 12.9. The molecule has 0 saturated carbocycles. The van der Waals surface area contributed by atoms with Gasteiger partial charge in [0.2, 0.25) is 0 Å². The molecule has 1 atom stereocenters. The monoisotopic (exact) mass is 512 g/mol. The molecule has 0 bridgehead atoms. The summed E-state index contributed by atoms with van der Waals surface area (Å²) in [7, 11) is 5.49. The molecular weight excluding hydrogens is 476 g/mol. The first-order chi connectivity index (χ1) is 18.0. The Balaban J connectivity index is 1.92. The van der Waals surface area contributed by atoms with Crippen molar-refractivity contribution in [2.24, 2.45) is 0 Å². The third-order valence-corrected chi connectivity index (χ3v) is 7.13. The first-order valence-electron chi connectivity index (χ1n) is 12.9. The number of hydrogen-bond acceptors (Lipinski definition) is 5. The zero-order valence-electron chi connectivity index (χ0n) is 23.1. The number of carbonyl (C=O) groups excluding carboxylic acids is 2. The van der Waals surface area contributed by atoms with Crippen molar-refractivity contribution in [2.75, 3.05) is 31.0 Å². The molecule has 0 radical (unpaired) electrons. The lowest BCUT2D eigenvalue weighted by molar-refractivity contribution is -0.132. The van der Waals surface area contributed by atoms with Crippen molar-refractivity contribution in [3.63, 3.8) is 0 Å². The van der Waals surface area contributed by atoms with Crippen LogP contribution in [0.5, 0.6) is 5.75 Å². The van der Waals surface area contributed by atoms with Crippen LogP contribution in [-0.2, 0) is 9.59 Å². The van der Waals surface area contributed by atoms with Crippen LogP contribution in [0.1, 0.15) is 67.8 Å². The molecule has 1 aliphatic heterocycles. The number of amides is 1. The summed E-state index contributed by atoms with van der Waals surface area (Å²) in [6.07, 6.45) is 0. The molecule has 3 aromatic carbocycles. The molecule has 1 aliphatic rings. The molecule has 1 unspecified atom stereocenters. The fraction of sp³-hybridized carbons (Fsp3) is 0.312. The molecule has 6 nitrogen and oxygen atoms in total. The van der Waals surface area contributed by atoms with E-state index in [9.17, 15) is 14.7 Å². The summed E-state index contributed by atoms with van der Waals surface area (Å²) in [5, 5.41) is 11.6. The minimum absolute atomic E-state index is 0.0730. The van der Waals surface area contributed by atoms with Crippen molar-refractivity contribution < 1.29 is 19.4 Å². The minimum Gasteiger partial charge on any atom is -0.507 e. The number of Topliss-reactive ketones (excluding diaryl/α,β-unsaturated/α-hetero) is 1. The van der Waals surface area contributed by atoms with E-state index in [4.69, 9.17) is 4.74 Å². The van der Waals surface area contributed by atoms with Gasteiger partial charge in [-0.15, -0.1) is 0 Å². The quantitative estimate of drug-likeness (QED) is 0.218. The lowest BCUT2D eigenvalue weighted by Crippen LogP contribution is -2.29. The standard InChI is InChI=1S/C32H36N2O4/c1-19(2)21-8-10-22(11-9-21)29-28(30(35)23-12-17-27(38-7)26(18-23)20(3)4)31(36)32(37)34(29)25-15-13-24(14-16-25)33(5)6/h8-20,29,35H,1-7H3/b30-28-. The van der Waals surface area contributed by atoms with Crippen molar-refractivity contribution in [1.29, 1.82) is 0 Å². The van der Waals surface area contributed by atoms with E-state index in [1.807, 2.05) is 87.4 Å². The summed E-state index contributed by atoms with van der Waals surface area (Å²) in [6, 6.07) is 20.0. The zero-order valence-corrected chi connectivity index (χ0v) is 23.1. The van der Waals surface area contributed by atoms with Crippen LogP contribution >= 0.6 is 0 Å². The molecule has 0 aliphatic carbocycles. The maximum Gasteiger partial charge on any atom is 0.300 e. The number of nitrogens with zero attached hydrogens (tertiary/aromatic N) is 2. The van der Waals surface area contributed by atoms with Gasteiger partial charge in [-0.1, -0.05) is 52.0 Å². The minimum atomic E-state index is -0.772. The van der Waals surface area contributed by atoms with Gasteiger partial charge in [-0.3, -0.25) is 14.5 Å². The van der Waals surface area contributed by atoms with Gasteiger partial charge in [0.15, 0.2) is 0 Å². The predicted octanol–water partition coefficient (Wildman–Crippen LogP) is 6.63. The number of rotatable bonds is 7. The third kappa shape index (κ3) is 4.91. The number of hydrogen-bond donors (Lipinski definition) is 1. The lowest BCUT2D eigenvalue weighted by atomic mass is 9.92. The van der Waals surface area contributed by atoms with Crippen LogP contribution in [0.25, 0.3) is 5.76 Å². The van der Waals surface area contributed by atoms with E-state index >= 15 is 0 Å². The van der Waals surface area contributed by atoms with E-state index in [1.165, 1.54) is 4.90 Å². The van der Waals surface area contributed by atoms with Crippen LogP contribution in [0.15, 0.2) is 72.3 Å². The topological polar surface area (TPSA) is 70.1 Å². The molecule has 3 aromatic rings. The Morgan fingerprint density at radius 2 is 1.53 bits per heavy atom. The molecule has 0 spiro atoms. The highest BCUT2D eigenvalue weighted by atomic mass is 16.5. The van der Waals surface area contributed by atoms with E-state index in [2.05, 4.69) is 13.8 Å². The van der Waals surface area contributed by atoms with Crippen LogP contribution in [0, 0.1) is 0 Å². The predicted molar refractivity (Wildman–Crippen MR) is 153 cm³/mol. The lowest BCUT2D eigenvalue weighted by Gasteiger charge is -2.26. The molecule has 1 saturated heterocycles. The van der Waals surface area contributed by atoms with Crippen molar-refractivity contribution in [3.05, 3.63) is 94.6 Å². The van der Waals surface area contributed by atoms with Crippen molar-refractivity contribution >= 4 is 28.8 Å². The average Bonchev–Trinajstić information content (AvgIpc) is 3.17. The van der Waals surface area contributed by atoms with Gasteiger partial charge in [-0.25, -0.2) is 0 Å². The maximum absolute atomic E-state index is 13.5. The molecule has 0 aromatic heterocycles. The normalized spacial score (nSPS) is 17.0. The van der Waals surface area contributed by atoms with Gasteiger partial charge in [-0.05, 0) is 71.0 Å². The summed E-state index contributed by atoms with van der Waals surface area (Å²) in [4.78, 5) is 30.5. The highest BCUT2D eigenvalue weighted by Crippen LogP contribution is 2.43. The van der Waals surface area contributed by atoms with Gasteiger partial charge in [-0.2, -0.15) is 0 Å². The second-order valence-corrected chi connectivity index (χ2v) is 10.5. The summed E-state index contributed by atoms with van der Waals surface area (Å²) < 4.78 is 5.50. The second-order valence-electron chi connectivity index (χ2n) is 10.5. The number of anilines is 2. The number of carbonyl (C=O) groups is 2. The van der Waals surface area contributed by atoms with Gasteiger partial charge in [0, 0.05) is 31.0 Å². The summed E-state index contributed by atoms with van der Waals surface area (Å²) in [5.74, 6) is -0.395. The zero-order chi connectivity index (χ0) is 27.7.